The first-order valence-electron chi connectivity index (χ1n) is 12.3. The van der Waals surface area contributed by atoms with Crippen LogP contribution in [0.25, 0.3) is 5.76 Å². The van der Waals surface area contributed by atoms with Gasteiger partial charge in [0.05, 0.1) is 30.2 Å². The van der Waals surface area contributed by atoms with Gasteiger partial charge in [0.2, 0.25) is 5.78 Å². The van der Waals surface area contributed by atoms with E-state index in [1.807, 2.05) is 12.1 Å². The van der Waals surface area contributed by atoms with Gasteiger partial charge < -0.3 is 30.9 Å². The molecule has 6 unspecified atom stereocenters. The standard InChI is InChI=1S/C27H32N2O8/c1-10-11-6-7-12-22(37-9-8-26(12,2)3)14(11)19(30)15-13(10)20(31)17-18(29(4)5)21(32)16(25(28)35)24(34)27(17,36)23(15)33/h6-7,10,13,17-18,20,30-31,34,36H,8-9H2,1-5H3,(H2,28,35). The summed E-state index contributed by atoms with van der Waals surface area (Å²) >= 11 is 0. The number of benzene rings is 1. The second kappa shape index (κ2) is 7.89. The number of likely N-dealkylation sites (N-methyl/N-ethyl adjacent to an activating group) is 1. The second-order valence-electron chi connectivity index (χ2n) is 11.4. The molecule has 1 amide bonds. The Labute approximate surface area is 214 Å². The Hall–Kier alpha value is -3.21. The van der Waals surface area contributed by atoms with Crippen LogP contribution in [0.4, 0.5) is 0 Å². The Balaban J connectivity index is 1.81. The molecule has 3 aliphatic carbocycles. The van der Waals surface area contributed by atoms with Gasteiger partial charge in [-0.2, -0.15) is 0 Å². The van der Waals surface area contributed by atoms with Crippen LogP contribution in [-0.4, -0.2) is 81.2 Å². The number of hydrogen-bond donors (Lipinski definition) is 5. The summed E-state index contributed by atoms with van der Waals surface area (Å²) in [5.41, 5.74) is 2.87. The summed E-state index contributed by atoms with van der Waals surface area (Å²) in [7, 11) is 2.99. The first kappa shape index (κ1) is 25.4. The van der Waals surface area contributed by atoms with E-state index in [1.54, 1.807) is 6.92 Å². The van der Waals surface area contributed by atoms with Crippen molar-refractivity contribution in [3.63, 3.8) is 0 Å². The Morgan fingerprint density at radius 2 is 1.84 bits per heavy atom. The number of fused-ring (bicyclic) bond motifs is 5. The number of aliphatic hydroxyl groups is 4. The number of aliphatic hydroxyl groups excluding tert-OH is 3. The van der Waals surface area contributed by atoms with Crippen LogP contribution >= 0.6 is 0 Å². The highest BCUT2D eigenvalue weighted by Crippen LogP contribution is 2.57. The van der Waals surface area contributed by atoms with Gasteiger partial charge in [-0.3, -0.25) is 19.3 Å². The highest BCUT2D eigenvalue weighted by Gasteiger charge is 2.68. The first-order valence-corrected chi connectivity index (χ1v) is 12.3. The van der Waals surface area contributed by atoms with E-state index in [0.717, 1.165) is 12.0 Å². The maximum absolute atomic E-state index is 14.1. The van der Waals surface area contributed by atoms with Crippen molar-refractivity contribution in [2.45, 2.75) is 56.3 Å². The molecule has 0 bridgehead atoms. The van der Waals surface area contributed by atoms with Gasteiger partial charge in [0.15, 0.2) is 11.4 Å². The van der Waals surface area contributed by atoms with Crippen molar-refractivity contribution in [2.24, 2.45) is 17.6 Å². The summed E-state index contributed by atoms with van der Waals surface area (Å²) < 4.78 is 5.98. The van der Waals surface area contributed by atoms with Crippen LogP contribution in [0.15, 0.2) is 29.0 Å². The Bertz CT molecular complexity index is 1330. The van der Waals surface area contributed by atoms with E-state index in [0.29, 0.717) is 23.5 Å². The molecule has 198 valence electrons. The highest BCUT2D eigenvalue weighted by molar-refractivity contribution is 6.24. The van der Waals surface area contributed by atoms with Gasteiger partial charge in [0, 0.05) is 17.1 Å². The van der Waals surface area contributed by atoms with Gasteiger partial charge in [-0.25, -0.2) is 0 Å². The highest BCUT2D eigenvalue weighted by atomic mass is 16.5. The fraction of sp³-hybridized carbons (Fsp3) is 0.519. The Morgan fingerprint density at radius 1 is 1.19 bits per heavy atom. The van der Waals surface area contributed by atoms with Crippen molar-refractivity contribution in [2.75, 3.05) is 20.7 Å². The zero-order valence-electron chi connectivity index (χ0n) is 21.4. The molecule has 6 N–H and O–H groups in total. The van der Waals surface area contributed by atoms with Crippen LogP contribution in [-0.2, 0) is 19.8 Å². The van der Waals surface area contributed by atoms with Crippen molar-refractivity contribution >= 4 is 23.2 Å². The predicted molar refractivity (Wildman–Crippen MR) is 132 cm³/mol. The number of ketones is 2. The number of primary amides is 1. The molecular weight excluding hydrogens is 480 g/mol. The number of carbonyl (C=O) groups excluding carboxylic acids is 3. The fourth-order valence-corrected chi connectivity index (χ4v) is 6.83. The number of amides is 1. The summed E-state index contributed by atoms with van der Waals surface area (Å²) in [5, 5.41) is 46.0. The minimum Gasteiger partial charge on any atom is -0.508 e. The number of nitrogens with two attached hydrogens (primary N) is 1. The third-order valence-electron chi connectivity index (χ3n) is 8.81. The first-order chi connectivity index (χ1) is 17.2. The molecule has 1 aromatic carbocycles. The zero-order chi connectivity index (χ0) is 27.4. The number of nitrogens with zero attached hydrogens (tertiary/aromatic N) is 1. The minimum absolute atomic E-state index is 0.257. The molecule has 1 aromatic rings. The Morgan fingerprint density at radius 3 is 2.43 bits per heavy atom. The summed E-state index contributed by atoms with van der Waals surface area (Å²) in [6.45, 7) is 6.30. The van der Waals surface area contributed by atoms with E-state index in [4.69, 9.17) is 10.5 Å². The van der Waals surface area contributed by atoms with Crippen LogP contribution in [0, 0.1) is 11.8 Å². The van der Waals surface area contributed by atoms with Crippen molar-refractivity contribution in [1.82, 2.24) is 4.90 Å². The molecule has 10 heteroatoms. The topological polar surface area (TPSA) is 171 Å². The van der Waals surface area contributed by atoms with Gasteiger partial charge in [0.1, 0.15) is 22.8 Å². The van der Waals surface area contributed by atoms with Crippen LogP contribution in [0.3, 0.4) is 0 Å². The van der Waals surface area contributed by atoms with Crippen LogP contribution in [0.5, 0.6) is 5.75 Å². The minimum atomic E-state index is -2.86. The number of carbonyl (C=O) groups is 3. The number of hydrogen-bond acceptors (Lipinski definition) is 9. The molecule has 4 aliphatic rings. The van der Waals surface area contributed by atoms with Gasteiger partial charge in [-0.15, -0.1) is 0 Å². The number of ether oxygens (including phenoxy) is 1. The molecule has 1 fully saturated rings. The molecule has 1 aliphatic heterocycles. The van der Waals surface area contributed by atoms with E-state index in [-0.39, 0.29) is 11.0 Å². The molecule has 6 atom stereocenters. The quantitative estimate of drug-likeness (QED) is 0.360. The van der Waals surface area contributed by atoms with E-state index >= 15 is 0 Å². The SMILES string of the molecule is CC1c2ccc3c(c2C(O)=C2C(=O)C4(O)C(O)=C(C(N)=O)C(=O)C(N(C)C)C4C(O)C21)OCCC3(C)C. The smallest absolute Gasteiger partial charge is 0.255 e. The lowest BCUT2D eigenvalue weighted by molar-refractivity contribution is -0.169. The molecule has 1 heterocycles. The average Bonchev–Trinajstić information content (AvgIpc) is 2.80. The number of rotatable bonds is 2. The fourth-order valence-electron chi connectivity index (χ4n) is 6.83. The average molecular weight is 513 g/mol. The molecule has 0 aromatic heterocycles. The van der Waals surface area contributed by atoms with Crippen LogP contribution < -0.4 is 10.5 Å². The monoisotopic (exact) mass is 512 g/mol. The summed E-state index contributed by atoms with van der Waals surface area (Å²) in [5.74, 6) is -7.59. The predicted octanol–water partition coefficient (Wildman–Crippen LogP) is 0.850. The number of Topliss-reactive ketones (excluding diaryl/α,β-unsaturated/α-hetero) is 2. The van der Waals surface area contributed by atoms with Crippen LogP contribution in [0.2, 0.25) is 0 Å². The molecule has 1 saturated carbocycles. The lowest BCUT2D eigenvalue weighted by Gasteiger charge is -2.54. The van der Waals surface area contributed by atoms with E-state index < -0.39 is 70.1 Å². The molecule has 5 rings (SSSR count). The normalized spacial score (nSPS) is 34.4. The van der Waals surface area contributed by atoms with Crippen molar-refractivity contribution < 1.29 is 39.5 Å². The van der Waals surface area contributed by atoms with Gasteiger partial charge in [-0.1, -0.05) is 32.9 Å². The summed E-state index contributed by atoms with van der Waals surface area (Å²) in [6, 6.07) is 2.43. The van der Waals surface area contributed by atoms with Gasteiger partial charge in [-0.05, 0) is 37.4 Å². The third-order valence-corrected chi connectivity index (χ3v) is 8.81. The van der Waals surface area contributed by atoms with Crippen LogP contribution in [0.1, 0.15) is 49.8 Å². The maximum atomic E-state index is 14.1. The van der Waals surface area contributed by atoms with E-state index in [2.05, 4.69) is 13.8 Å². The van der Waals surface area contributed by atoms with E-state index in [1.165, 1.54) is 19.0 Å². The summed E-state index contributed by atoms with van der Waals surface area (Å²) in [4.78, 5) is 40.8. The maximum Gasteiger partial charge on any atom is 0.255 e. The zero-order valence-corrected chi connectivity index (χ0v) is 21.4. The summed E-state index contributed by atoms with van der Waals surface area (Å²) in [6.07, 6.45) is -0.800. The van der Waals surface area contributed by atoms with Gasteiger partial charge >= 0.3 is 0 Å². The lowest BCUT2D eigenvalue weighted by Crippen LogP contribution is -2.70. The molecule has 10 nitrogen and oxygen atoms in total. The largest absolute Gasteiger partial charge is 0.508 e. The molecular formula is C27H32N2O8. The van der Waals surface area contributed by atoms with Crippen molar-refractivity contribution in [3.05, 3.63) is 45.7 Å². The second-order valence-corrected chi connectivity index (χ2v) is 11.4. The molecule has 0 saturated heterocycles. The van der Waals surface area contributed by atoms with Crippen molar-refractivity contribution in [3.8, 4) is 5.75 Å². The Kier molecular flexibility index (Phi) is 5.43. The molecule has 0 spiro atoms. The van der Waals surface area contributed by atoms with E-state index in [9.17, 15) is 34.8 Å². The lowest BCUT2D eigenvalue weighted by atomic mass is 9.54. The molecule has 37 heavy (non-hydrogen) atoms. The third kappa shape index (κ3) is 3.06. The van der Waals surface area contributed by atoms with Crippen molar-refractivity contribution in [1.29, 1.82) is 0 Å². The molecule has 0 radical (unpaired) electrons. The van der Waals surface area contributed by atoms with Gasteiger partial charge in [0.25, 0.3) is 5.91 Å².